The van der Waals surface area contributed by atoms with Gasteiger partial charge in [0.1, 0.15) is 0 Å². The summed E-state index contributed by atoms with van der Waals surface area (Å²) in [6, 6.07) is 7.14. The first-order valence-electron chi connectivity index (χ1n) is 7.04. The molecule has 3 nitrogen and oxygen atoms in total. The number of benzene rings is 1. The van der Waals surface area contributed by atoms with Gasteiger partial charge in [-0.25, -0.2) is 8.42 Å². The van der Waals surface area contributed by atoms with E-state index < -0.39 is 9.84 Å². The summed E-state index contributed by atoms with van der Waals surface area (Å²) in [4.78, 5) is 0.385. The third-order valence-electron chi connectivity index (χ3n) is 3.00. The lowest BCUT2D eigenvalue weighted by atomic mass is 10.0. The molecule has 1 unspecified atom stereocenters. The van der Waals surface area contributed by atoms with Crippen LogP contribution in [0, 0.1) is 5.92 Å². The van der Waals surface area contributed by atoms with Crippen LogP contribution in [0.4, 0.5) is 5.69 Å². The van der Waals surface area contributed by atoms with Crippen molar-refractivity contribution >= 4 is 27.1 Å². The average molecular weight is 318 g/mol. The van der Waals surface area contributed by atoms with Gasteiger partial charge in [-0.05, 0) is 43.0 Å². The first-order valence-corrected chi connectivity index (χ1v) is 9.23. The molecule has 5 heteroatoms. The second-order valence-corrected chi connectivity index (χ2v) is 7.89. The molecule has 0 aliphatic rings. The molecule has 0 aliphatic carbocycles. The smallest absolute Gasteiger partial charge is 0.178 e. The molecular formula is C15H24ClNO2S. The maximum absolute atomic E-state index is 11.9. The Morgan fingerprint density at radius 1 is 1.20 bits per heavy atom. The molecule has 0 heterocycles. The molecule has 0 saturated heterocycles. The van der Waals surface area contributed by atoms with Crippen molar-refractivity contribution in [3.63, 3.8) is 0 Å². The second-order valence-electron chi connectivity index (χ2n) is 5.47. The van der Waals surface area contributed by atoms with E-state index in [1.54, 1.807) is 12.1 Å². The summed E-state index contributed by atoms with van der Waals surface area (Å²) < 4.78 is 23.9. The normalized spacial score (nSPS) is 13.4. The lowest BCUT2D eigenvalue weighted by Crippen LogP contribution is -2.23. The van der Waals surface area contributed by atoms with E-state index in [4.69, 9.17) is 11.6 Å². The number of halogens is 1. The maximum Gasteiger partial charge on any atom is 0.178 e. The molecule has 20 heavy (non-hydrogen) atoms. The standard InChI is InChI=1S/C15H24ClNO2S/c1-4-9-20(18,19)15-7-5-13(6-8-15)17-14(11-16)10-12(2)3/h5-8,12,14,17H,4,9-11H2,1-3H3. The molecule has 0 radical (unpaired) electrons. The lowest BCUT2D eigenvalue weighted by molar-refractivity contribution is 0.542. The van der Waals surface area contributed by atoms with Gasteiger partial charge < -0.3 is 5.32 Å². The van der Waals surface area contributed by atoms with E-state index >= 15 is 0 Å². The van der Waals surface area contributed by atoms with Gasteiger partial charge in [0.2, 0.25) is 0 Å². The summed E-state index contributed by atoms with van der Waals surface area (Å²) in [6.07, 6.45) is 1.62. The minimum absolute atomic E-state index is 0.192. The van der Waals surface area contributed by atoms with Crippen LogP contribution in [0.2, 0.25) is 0 Å². The van der Waals surface area contributed by atoms with Crippen LogP contribution < -0.4 is 5.32 Å². The molecule has 0 amide bonds. The summed E-state index contributed by atoms with van der Waals surface area (Å²) in [6.45, 7) is 6.17. The highest BCUT2D eigenvalue weighted by molar-refractivity contribution is 7.91. The predicted molar refractivity (Wildman–Crippen MR) is 86.4 cm³/mol. The van der Waals surface area contributed by atoms with Crippen LogP contribution in [0.3, 0.4) is 0 Å². The minimum Gasteiger partial charge on any atom is -0.381 e. The third kappa shape index (κ3) is 5.33. The number of hydrogen-bond donors (Lipinski definition) is 1. The van der Waals surface area contributed by atoms with Gasteiger partial charge in [0, 0.05) is 17.6 Å². The molecule has 1 aromatic rings. The van der Waals surface area contributed by atoms with E-state index in [0.29, 0.717) is 23.1 Å². The Bertz CT molecular complexity index is 497. The van der Waals surface area contributed by atoms with E-state index in [9.17, 15) is 8.42 Å². The largest absolute Gasteiger partial charge is 0.381 e. The molecule has 1 N–H and O–H groups in total. The van der Waals surface area contributed by atoms with Crippen molar-refractivity contribution in [1.29, 1.82) is 0 Å². The minimum atomic E-state index is -3.13. The van der Waals surface area contributed by atoms with Crippen LogP contribution >= 0.6 is 11.6 Å². The fourth-order valence-corrected chi connectivity index (χ4v) is 3.64. The first kappa shape index (κ1) is 17.3. The Morgan fingerprint density at radius 3 is 2.25 bits per heavy atom. The van der Waals surface area contributed by atoms with Crippen molar-refractivity contribution in [2.75, 3.05) is 16.9 Å². The lowest BCUT2D eigenvalue weighted by Gasteiger charge is -2.19. The summed E-state index contributed by atoms with van der Waals surface area (Å²) >= 11 is 5.95. The SMILES string of the molecule is CCCS(=O)(=O)c1ccc(NC(CCl)CC(C)C)cc1. The van der Waals surface area contributed by atoms with Crippen molar-refractivity contribution in [3.8, 4) is 0 Å². The van der Waals surface area contributed by atoms with Gasteiger partial charge in [-0.15, -0.1) is 11.6 Å². The van der Waals surface area contributed by atoms with E-state index in [0.717, 1.165) is 12.1 Å². The van der Waals surface area contributed by atoms with E-state index in [1.165, 1.54) is 0 Å². The topological polar surface area (TPSA) is 46.2 Å². The molecule has 0 spiro atoms. The van der Waals surface area contributed by atoms with Crippen molar-refractivity contribution in [2.24, 2.45) is 5.92 Å². The van der Waals surface area contributed by atoms with Gasteiger partial charge in [-0.1, -0.05) is 20.8 Å². The van der Waals surface area contributed by atoms with Crippen LogP contribution in [-0.4, -0.2) is 26.1 Å². The van der Waals surface area contributed by atoms with Gasteiger partial charge in [0.05, 0.1) is 10.6 Å². The predicted octanol–water partition coefficient (Wildman–Crippen LogP) is 3.94. The zero-order valence-electron chi connectivity index (χ0n) is 12.4. The van der Waals surface area contributed by atoms with Crippen molar-refractivity contribution in [1.82, 2.24) is 0 Å². The summed E-state index contributed by atoms with van der Waals surface area (Å²) in [5.41, 5.74) is 0.909. The van der Waals surface area contributed by atoms with Crippen LogP contribution in [-0.2, 0) is 9.84 Å². The zero-order chi connectivity index (χ0) is 15.2. The number of sulfone groups is 1. The van der Waals surface area contributed by atoms with Gasteiger partial charge in [0.15, 0.2) is 9.84 Å². The first-order chi connectivity index (χ1) is 9.39. The fraction of sp³-hybridized carbons (Fsp3) is 0.600. The van der Waals surface area contributed by atoms with E-state index in [1.807, 2.05) is 19.1 Å². The van der Waals surface area contributed by atoms with Gasteiger partial charge in [-0.2, -0.15) is 0 Å². The Hall–Kier alpha value is -0.740. The van der Waals surface area contributed by atoms with Gasteiger partial charge >= 0.3 is 0 Å². The fourth-order valence-electron chi connectivity index (χ4n) is 2.11. The van der Waals surface area contributed by atoms with Crippen molar-refractivity contribution < 1.29 is 8.42 Å². The van der Waals surface area contributed by atoms with Crippen LogP contribution in [0.15, 0.2) is 29.2 Å². The third-order valence-corrected chi connectivity index (χ3v) is 5.31. The molecular weight excluding hydrogens is 294 g/mol. The van der Waals surface area contributed by atoms with E-state index in [2.05, 4.69) is 19.2 Å². The Kier molecular flexibility index (Phi) is 6.83. The number of hydrogen-bond acceptors (Lipinski definition) is 3. The van der Waals surface area contributed by atoms with Crippen LogP contribution in [0.5, 0.6) is 0 Å². The zero-order valence-corrected chi connectivity index (χ0v) is 14.0. The second kappa shape index (κ2) is 7.89. The summed E-state index contributed by atoms with van der Waals surface area (Å²) in [5, 5.41) is 3.34. The monoisotopic (exact) mass is 317 g/mol. The molecule has 0 aliphatic heterocycles. The average Bonchev–Trinajstić information content (AvgIpc) is 2.38. The Balaban J connectivity index is 2.76. The molecule has 1 aromatic carbocycles. The Morgan fingerprint density at radius 2 is 1.80 bits per heavy atom. The summed E-state index contributed by atoms with van der Waals surface area (Å²) in [7, 11) is -3.13. The highest BCUT2D eigenvalue weighted by Gasteiger charge is 2.14. The molecule has 0 fully saturated rings. The highest BCUT2D eigenvalue weighted by Crippen LogP contribution is 2.18. The number of rotatable bonds is 8. The summed E-state index contributed by atoms with van der Waals surface area (Å²) in [5.74, 6) is 1.29. The van der Waals surface area contributed by atoms with Crippen molar-refractivity contribution in [2.45, 2.75) is 44.6 Å². The quantitative estimate of drug-likeness (QED) is 0.739. The maximum atomic E-state index is 11.9. The molecule has 1 atom stereocenters. The van der Waals surface area contributed by atoms with Crippen LogP contribution in [0.25, 0.3) is 0 Å². The molecule has 0 saturated carbocycles. The molecule has 1 rings (SSSR count). The number of nitrogens with one attached hydrogen (secondary N) is 1. The number of alkyl halides is 1. The van der Waals surface area contributed by atoms with Gasteiger partial charge in [0.25, 0.3) is 0 Å². The molecule has 0 aromatic heterocycles. The van der Waals surface area contributed by atoms with E-state index in [-0.39, 0.29) is 11.8 Å². The number of anilines is 1. The Labute approximate surface area is 127 Å². The molecule has 114 valence electrons. The molecule has 0 bridgehead atoms. The van der Waals surface area contributed by atoms with Gasteiger partial charge in [-0.3, -0.25) is 0 Å². The van der Waals surface area contributed by atoms with Crippen molar-refractivity contribution in [3.05, 3.63) is 24.3 Å². The highest BCUT2D eigenvalue weighted by atomic mass is 35.5. The van der Waals surface area contributed by atoms with Crippen LogP contribution in [0.1, 0.15) is 33.6 Å².